The van der Waals surface area contributed by atoms with Gasteiger partial charge in [-0.1, -0.05) is 25.7 Å². The van der Waals surface area contributed by atoms with E-state index in [9.17, 15) is 0 Å². The molecular formula is C16H25N3O. The first-order chi connectivity index (χ1) is 9.75. The fourth-order valence-corrected chi connectivity index (χ4v) is 3.65. The fraction of sp³-hybridized carbons (Fsp3) is 0.750. The van der Waals surface area contributed by atoms with Crippen molar-refractivity contribution in [3.8, 4) is 0 Å². The molecule has 2 N–H and O–H groups in total. The van der Waals surface area contributed by atoms with Crippen LogP contribution in [0.25, 0.3) is 0 Å². The van der Waals surface area contributed by atoms with Crippen LogP contribution >= 0.6 is 0 Å². The van der Waals surface area contributed by atoms with Gasteiger partial charge >= 0.3 is 0 Å². The third-order valence-electron chi connectivity index (χ3n) is 4.92. The van der Waals surface area contributed by atoms with Crippen LogP contribution in [0.5, 0.6) is 0 Å². The summed E-state index contributed by atoms with van der Waals surface area (Å²) < 4.78 is 5.86. The molecular weight excluding hydrogens is 250 g/mol. The number of fused-ring (bicyclic) bond motifs is 1. The Balaban J connectivity index is 2.01. The molecule has 1 saturated carbocycles. The third kappa shape index (κ3) is 2.41. The molecule has 1 aromatic heterocycles. The Morgan fingerprint density at radius 3 is 2.40 bits per heavy atom. The van der Waals surface area contributed by atoms with Crippen molar-refractivity contribution < 1.29 is 4.74 Å². The molecule has 1 aromatic rings. The maximum absolute atomic E-state index is 6.23. The van der Waals surface area contributed by atoms with Crippen LogP contribution in [0.2, 0.25) is 0 Å². The van der Waals surface area contributed by atoms with Crippen LogP contribution < -0.4 is 5.73 Å². The van der Waals surface area contributed by atoms with Crippen LogP contribution in [0, 0.1) is 0 Å². The van der Waals surface area contributed by atoms with Gasteiger partial charge in [-0.3, -0.25) is 0 Å². The maximum Gasteiger partial charge on any atom is 0.162 e. The van der Waals surface area contributed by atoms with E-state index in [0.717, 1.165) is 31.5 Å². The summed E-state index contributed by atoms with van der Waals surface area (Å²) in [7, 11) is 1.79. The van der Waals surface area contributed by atoms with Crippen LogP contribution in [0.15, 0.2) is 0 Å². The lowest BCUT2D eigenvalue weighted by Crippen LogP contribution is -2.34. The number of methoxy groups -OCH3 is 1. The molecule has 0 amide bonds. The Hall–Kier alpha value is -1.16. The molecule has 1 heterocycles. The van der Waals surface area contributed by atoms with Gasteiger partial charge in [-0.15, -0.1) is 0 Å². The second-order valence-corrected chi connectivity index (χ2v) is 6.18. The van der Waals surface area contributed by atoms with Gasteiger partial charge in [0.2, 0.25) is 0 Å². The molecule has 0 aliphatic heterocycles. The van der Waals surface area contributed by atoms with Crippen molar-refractivity contribution in [2.75, 3.05) is 12.8 Å². The molecule has 0 unspecified atom stereocenters. The van der Waals surface area contributed by atoms with Crippen LogP contribution in [0.1, 0.15) is 68.4 Å². The second-order valence-electron chi connectivity index (χ2n) is 6.18. The van der Waals surface area contributed by atoms with Crippen molar-refractivity contribution in [2.24, 2.45) is 0 Å². The number of ether oxygens (including phenoxy) is 1. The van der Waals surface area contributed by atoms with E-state index in [1.54, 1.807) is 7.11 Å². The predicted molar refractivity (Wildman–Crippen MR) is 79.5 cm³/mol. The number of aromatic nitrogens is 2. The van der Waals surface area contributed by atoms with Gasteiger partial charge in [-0.25, -0.2) is 9.97 Å². The van der Waals surface area contributed by atoms with E-state index in [1.165, 1.54) is 49.8 Å². The highest BCUT2D eigenvalue weighted by Gasteiger charge is 2.37. The summed E-state index contributed by atoms with van der Waals surface area (Å²) in [6, 6.07) is 0. The zero-order chi connectivity index (χ0) is 14.0. The van der Waals surface area contributed by atoms with Crippen molar-refractivity contribution in [1.29, 1.82) is 0 Å². The van der Waals surface area contributed by atoms with E-state index >= 15 is 0 Å². The lowest BCUT2D eigenvalue weighted by Gasteiger charge is -2.35. The van der Waals surface area contributed by atoms with Gasteiger partial charge in [0.1, 0.15) is 11.4 Å². The Labute approximate surface area is 121 Å². The lowest BCUT2D eigenvalue weighted by atomic mass is 9.83. The van der Waals surface area contributed by atoms with Crippen LogP contribution in [0.4, 0.5) is 5.82 Å². The van der Waals surface area contributed by atoms with E-state index in [4.69, 9.17) is 15.5 Å². The quantitative estimate of drug-likeness (QED) is 0.842. The van der Waals surface area contributed by atoms with Crippen molar-refractivity contribution in [2.45, 2.75) is 69.8 Å². The molecule has 1 fully saturated rings. The molecule has 4 nitrogen and oxygen atoms in total. The number of hydrogen-bond acceptors (Lipinski definition) is 4. The normalized spacial score (nSPS) is 22.1. The summed E-state index contributed by atoms with van der Waals surface area (Å²) in [4.78, 5) is 9.52. The minimum absolute atomic E-state index is 0.298. The lowest BCUT2D eigenvalue weighted by molar-refractivity contribution is -0.0515. The zero-order valence-corrected chi connectivity index (χ0v) is 12.5. The number of aryl methyl sites for hydroxylation is 1. The molecule has 3 rings (SSSR count). The predicted octanol–water partition coefficient (Wildman–Crippen LogP) is 3.13. The van der Waals surface area contributed by atoms with Crippen molar-refractivity contribution in [3.05, 3.63) is 17.1 Å². The van der Waals surface area contributed by atoms with Gasteiger partial charge in [-0.05, 0) is 38.5 Å². The van der Waals surface area contributed by atoms with Crippen LogP contribution in [-0.2, 0) is 23.2 Å². The summed E-state index contributed by atoms with van der Waals surface area (Å²) in [6.45, 7) is 0. The highest BCUT2D eigenvalue weighted by Crippen LogP contribution is 2.39. The van der Waals surface area contributed by atoms with Crippen molar-refractivity contribution in [1.82, 2.24) is 9.97 Å². The summed E-state index contributed by atoms with van der Waals surface area (Å²) >= 11 is 0. The van der Waals surface area contributed by atoms with E-state index in [0.29, 0.717) is 5.82 Å². The number of rotatable bonds is 2. The number of hydrogen-bond donors (Lipinski definition) is 1. The van der Waals surface area contributed by atoms with Gasteiger partial charge < -0.3 is 10.5 Å². The standard InChI is InChI=1S/C16H25N3O/c1-20-16(10-6-3-7-11-16)15-18-13-9-5-2-4-8-12(13)14(17)19-15/h2-11H2,1H3,(H2,17,18,19). The summed E-state index contributed by atoms with van der Waals surface area (Å²) in [5.74, 6) is 1.52. The van der Waals surface area contributed by atoms with Crippen molar-refractivity contribution >= 4 is 5.82 Å². The molecule has 20 heavy (non-hydrogen) atoms. The smallest absolute Gasteiger partial charge is 0.162 e. The number of anilines is 1. The Kier molecular flexibility index (Phi) is 3.92. The van der Waals surface area contributed by atoms with Gasteiger partial charge in [0.15, 0.2) is 5.82 Å². The molecule has 4 heteroatoms. The highest BCUT2D eigenvalue weighted by atomic mass is 16.5. The average Bonchev–Trinajstić information content (AvgIpc) is 2.73. The number of nitrogens with zero attached hydrogens (tertiary/aromatic N) is 2. The van der Waals surface area contributed by atoms with Crippen molar-refractivity contribution in [3.63, 3.8) is 0 Å². The largest absolute Gasteiger partial charge is 0.383 e. The molecule has 2 aliphatic rings. The van der Waals surface area contributed by atoms with E-state index in [-0.39, 0.29) is 5.60 Å². The first kappa shape index (κ1) is 13.8. The molecule has 0 aromatic carbocycles. The summed E-state index contributed by atoms with van der Waals surface area (Å²) in [5, 5.41) is 0. The van der Waals surface area contributed by atoms with Crippen LogP contribution in [0.3, 0.4) is 0 Å². The molecule has 0 atom stereocenters. The average molecular weight is 275 g/mol. The highest BCUT2D eigenvalue weighted by molar-refractivity contribution is 5.43. The van der Waals surface area contributed by atoms with Gasteiger partial charge in [0.25, 0.3) is 0 Å². The topological polar surface area (TPSA) is 61.0 Å². The first-order valence-electron chi connectivity index (χ1n) is 7.96. The maximum atomic E-state index is 6.23. The molecule has 0 radical (unpaired) electrons. The summed E-state index contributed by atoms with van der Waals surface area (Å²) in [5.41, 5.74) is 8.29. The van der Waals surface area contributed by atoms with E-state index in [2.05, 4.69) is 4.98 Å². The summed E-state index contributed by atoms with van der Waals surface area (Å²) in [6.07, 6.45) is 11.4. The molecule has 0 saturated heterocycles. The first-order valence-corrected chi connectivity index (χ1v) is 7.96. The number of nitrogen functional groups attached to an aromatic ring is 1. The fourth-order valence-electron chi connectivity index (χ4n) is 3.65. The van der Waals surface area contributed by atoms with Gasteiger partial charge in [-0.2, -0.15) is 0 Å². The Morgan fingerprint density at radius 1 is 0.950 bits per heavy atom. The molecule has 110 valence electrons. The van der Waals surface area contributed by atoms with Gasteiger partial charge in [0, 0.05) is 18.4 Å². The van der Waals surface area contributed by atoms with E-state index < -0.39 is 0 Å². The minimum atomic E-state index is -0.298. The van der Waals surface area contributed by atoms with Gasteiger partial charge in [0.05, 0.1) is 0 Å². The monoisotopic (exact) mass is 275 g/mol. The Morgan fingerprint density at radius 2 is 1.65 bits per heavy atom. The molecule has 0 spiro atoms. The molecule has 2 aliphatic carbocycles. The molecule has 0 bridgehead atoms. The zero-order valence-electron chi connectivity index (χ0n) is 12.5. The number of nitrogens with two attached hydrogens (primary N) is 1. The SMILES string of the molecule is COC1(c2nc(N)c3c(n2)CCCCC3)CCCCC1. The third-order valence-corrected chi connectivity index (χ3v) is 4.92. The second kappa shape index (κ2) is 5.68. The van der Waals surface area contributed by atoms with E-state index in [1.807, 2.05) is 0 Å². The minimum Gasteiger partial charge on any atom is -0.383 e. The Bertz CT molecular complexity index is 481. The van der Waals surface area contributed by atoms with Crippen LogP contribution in [-0.4, -0.2) is 17.1 Å².